The number of carbonyl (C=O) groups is 1. The minimum atomic E-state index is -0.900. The molecule has 4 heteroatoms. The van der Waals surface area contributed by atoms with Crippen molar-refractivity contribution in [3.63, 3.8) is 0 Å². The summed E-state index contributed by atoms with van der Waals surface area (Å²) in [6.07, 6.45) is 1.10. The minimum absolute atomic E-state index is 0.218. The van der Waals surface area contributed by atoms with E-state index < -0.39 is 5.97 Å². The third kappa shape index (κ3) is 4.23. The predicted molar refractivity (Wildman–Crippen MR) is 78.0 cm³/mol. The fourth-order valence-electron chi connectivity index (χ4n) is 1.84. The largest absolute Gasteiger partial charge is 0.478 e. The van der Waals surface area contributed by atoms with Crippen LogP contribution in [0.3, 0.4) is 0 Å². The molecule has 4 nitrogen and oxygen atoms in total. The molecule has 0 aliphatic rings. The summed E-state index contributed by atoms with van der Waals surface area (Å²) in [6, 6.07) is 3.31. The van der Waals surface area contributed by atoms with Crippen molar-refractivity contribution >= 4 is 11.8 Å². The zero-order valence-corrected chi connectivity index (χ0v) is 12.5. The molecule has 0 saturated carbocycles. The normalized spacial score (nSPS) is 12.5. The van der Waals surface area contributed by atoms with Gasteiger partial charge in [-0.1, -0.05) is 34.1 Å². The van der Waals surface area contributed by atoms with Crippen LogP contribution in [0.1, 0.15) is 56.1 Å². The Morgan fingerprint density at radius 2 is 2.00 bits per heavy atom. The Balaban J connectivity index is 3.08. The Kier molecular flexibility index (Phi) is 5.33. The van der Waals surface area contributed by atoms with E-state index in [-0.39, 0.29) is 5.92 Å². The zero-order valence-electron chi connectivity index (χ0n) is 12.5. The van der Waals surface area contributed by atoms with Gasteiger partial charge >= 0.3 is 5.97 Å². The Labute approximate surface area is 115 Å². The summed E-state index contributed by atoms with van der Waals surface area (Å²) < 4.78 is 0. The fourth-order valence-corrected chi connectivity index (χ4v) is 1.84. The number of carboxylic acid groups (broad SMARTS) is 1. The topological polar surface area (TPSA) is 53.4 Å². The van der Waals surface area contributed by atoms with E-state index in [9.17, 15) is 9.90 Å². The Morgan fingerprint density at radius 3 is 2.47 bits per heavy atom. The van der Waals surface area contributed by atoms with E-state index >= 15 is 0 Å². The van der Waals surface area contributed by atoms with Gasteiger partial charge in [-0.05, 0) is 24.0 Å². The lowest BCUT2D eigenvalue weighted by Crippen LogP contribution is -2.25. The van der Waals surface area contributed by atoms with Crippen molar-refractivity contribution in [2.75, 3.05) is 18.5 Å². The molecule has 0 aliphatic carbocycles. The molecule has 1 rings (SSSR count). The molecule has 1 aromatic rings. The van der Waals surface area contributed by atoms with Crippen molar-refractivity contribution in [3.8, 4) is 0 Å². The third-order valence-corrected chi connectivity index (χ3v) is 3.34. The smallest absolute Gasteiger partial charge is 0.335 e. The van der Waals surface area contributed by atoms with E-state index in [0.29, 0.717) is 11.5 Å². The van der Waals surface area contributed by atoms with E-state index in [0.717, 1.165) is 24.5 Å². The first-order valence-electron chi connectivity index (χ1n) is 6.81. The van der Waals surface area contributed by atoms with Gasteiger partial charge in [-0.25, -0.2) is 9.78 Å². The lowest BCUT2D eigenvalue weighted by molar-refractivity contribution is 0.0696. The van der Waals surface area contributed by atoms with E-state index in [2.05, 4.69) is 18.8 Å². The van der Waals surface area contributed by atoms with Crippen LogP contribution in [0.15, 0.2) is 12.1 Å². The first kappa shape index (κ1) is 15.5. The van der Waals surface area contributed by atoms with Crippen molar-refractivity contribution in [2.24, 2.45) is 5.92 Å². The molecule has 19 heavy (non-hydrogen) atoms. The zero-order chi connectivity index (χ0) is 14.6. The summed E-state index contributed by atoms with van der Waals surface area (Å²) in [5.74, 6) is 0.615. The van der Waals surface area contributed by atoms with Crippen LogP contribution in [0.5, 0.6) is 0 Å². The average Bonchev–Trinajstić information content (AvgIpc) is 2.37. The highest BCUT2D eigenvalue weighted by Gasteiger charge is 2.14. The maximum atomic E-state index is 11.2. The summed E-state index contributed by atoms with van der Waals surface area (Å²) in [7, 11) is 1.96. The quantitative estimate of drug-likeness (QED) is 0.855. The van der Waals surface area contributed by atoms with Gasteiger partial charge in [0.25, 0.3) is 0 Å². The van der Waals surface area contributed by atoms with Crippen molar-refractivity contribution in [1.29, 1.82) is 0 Å². The summed E-state index contributed by atoms with van der Waals surface area (Å²) in [4.78, 5) is 17.8. The maximum absolute atomic E-state index is 11.2. The number of aromatic carboxylic acids is 1. The number of aromatic nitrogens is 1. The molecule has 1 unspecified atom stereocenters. The first-order valence-corrected chi connectivity index (χ1v) is 6.81. The standard InChI is InChI=1S/C15H24N2O2/c1-6-11(4)9-17(5)14-8-12(15(18)19)7-13(16-14)10(2)3/h7-8,10-11H,6,9H2,1-5H3,(H,18,19). The molecular formula is C15H24N2O2. The molecule has 0 radical (unpaired) electrons. The number of anilines is 1. The summed E-state index contributed by atoms with van der Waals surface area (Å²) in [6.45, 7) is 9.25. The molecule has 0 amide bonds. The first-order chi connectivity index (χ1) is 8.85. The highest BCUT2D eigenvalue weighted by molar-refractivity contribution is 5.88. The molecule has 1 aromatic heterocycles. The SMILES string of the molecule is CCC(C)CN(C)c1cc(C(=O)O)cc(C(C)C)n1. The Hall–Kier alpha value is -1.58. The van der Waals surface area contributed by atoms with Gasteiger partial charge < -0.3 is 10.0 Å². The van der Waals surface area contributed by atoms with Gasteiger partial charge in [-0.15, -0.1) is 0 Å². The minimum Gasteiger partial charge on any atom is -0.478 e. The lowest BCUT2D eigenvalue weighted by atomic mass is 10.1. The van der Waals surface area contributed by atoms with Crippen molar-refractivity contribution in [1.82, 2.24) is 4.98 Å². The second-order valence-corrected chi connectivity index (χ2v) is 5.49. The Morgan fingerprint density at radius 1 is 1.37 bits per heavy atom. The van der Waals surface area contributed by atoms with Crippen molar-refractivity contribution in [3.05, 3.63) is 23.4 Å². The van der Waals surface area contributed by atoms with Crippen LogP contribution in [-0.4, -0.2) is 29.7 Å². The second kappa shape index (κ2) is 6.55. The third-order valence-electron chi connectivity index (χ3n) is 3.34. The molecule has 106 valence electrons. The van der Waals surface area contributed by atoms with Crippen LogP contribution < -0.4 is 4.90 Å². The number of hydrogen-bond donors (Lipinski definition) is 1. The van der Waals surface area contributed by atoms with Crippen molar-refractivity contribution < 1.29 is 9.90 Å². The van der Waals surface area contributed by atoms with E-state index in [1.165, 1.54) is 0 Å². The molecule has 0 aromatic carbocycles. The lowest BCUT2D eigenvalue weighted by Gasteiger charge is -2.23. The molecule has 1 heterocycles. The monoisotopic (exact) mass is 264 g/mol. The van der Waals surface area contributed by atoms with Gasteiger partial charge in [0.15, 0.2) is 0 Å². The number of nitrogens with zero attached hydrogens (tertiary/aromatic N) is 2. The number of pyridine rings is 1. The van der Waals surface area contributed by atoms with Gasteiger partial charge in [0.2, 0.25) is 0 Å². The van der Waals surface area contributed by atoms with Gasteiger partial charge in [0.05, 0.1) is 5.56 Å². The summed E-state index contributed by atoms with van der Waals surface area (Å²) >= 11 is 0. The average molecular weight is 264 g/mol. The van der Waals surface area contributed by atoms with Crippen LogP contribution in [0.4, 0.5) is 5.82 Å². The number of carboxylic acids is 1. The molecule has 1 atom stereocenters. The second-order valence-electron chi connectivity index (χ2n) is 5.49. The maximum Gasteiger partial charge on any atom is 0.335 e. The summed E-state index contributed by atoms with van der Waals surface area (Å²) in [5.41, 5.74) is 1.13. The molecule has 1 N–H and O–H groups in total. The number of hydrogen-bond acceptors (Lipinski definition) is 3. The highest BCUT2D eigenvalue weighted by atomic mass is 16.4. The molecule has 0 fully saturated rings. The van der Waals surface area contributed by atoms with Crippen LogP contribution in [0, 0.1) is 5.92 Å². The van der Waals surface area contributed by atoms with Crippen molar-refractivity contribution in [2.45, 2.75) is 40.0 Å². The number of rotatable bonds is 6. The van der Waals surface area contributed by atoms with Gasteiger partial charge in [-0.2, -0.15) is 0 Å². The molecule has 0 saturated heterocycles. The van der Waals surface area contributed by atoms with E-state index in [1.54, 1.807) is 12.1 Å². The van der Waals surface area contributed by atoms with Crippen LogP contribution in [0.25, 0.3) is 0 Å². The van der Waals surface area contributed by atoms with Gasteiger partial charge in [0, 0.05) is 19.3 Å². The van der Waals surface area contributed by atoms with Crippen LogP contribution >= 0.6 is 0 Å². The van der Waals surface area contributed by atoms with Crippen LogP contribution in [0.2, 0.25) is 0 Å². The van der Waals surface area contributed by atoms with Crippen LogP contribution in [-0.2, 0) is 0 Å². The highest BCUT2D eigenvalue weighted by Crippen LogP contribution is 2.20. The molecule has 0 spiro atoms. The molecule has 0 bridgehead atoms. The Bertz CT molecular complexity index is 444. The summed E-state index contributed by atoms with van der Waals surface area (Å²) in [5, 5.41) is 9.18. The van der Waals surface area contributed by atoms with Gasteiger partial charge in [-0.3, -0.25) is 0 Å². The van der Waals surface area contributed by atoms with Gasteiger partial charge in [0.1, 0.15) is 5.82 Å². The van der Waals surface area contributed by atoms with E-state index in [1.807, 2.05) is 25.8 Å². The fraction of sp³-hybridized carbons (Fsp3) is 0.600. The molecule has 0 aliphatic heterocycles. The predicted octanol–water partition coefficient (Wildman–Crippen LogP) is 3.39. The molecular weight excluding hydrogens is 240 g/mol. The van der Waals surface area contributed by atoms with E-state index in [4.69, 9.17) is 0 Å².